The number of carbonyl (C=O) groups excluding carboxylic acids is 1. The van der Waals surface area contributed by atoms with E-state index in [4.69, 9.17) is 10.5 Å². The number of amides is 1. The average Bonchev–Trinajstić information content (AvgIpc) is 3.15. The third-order valence-electron chi connectivity index (χ3n) is 3.91. The SMILES string of the molecule is CN(CCOCC1CC1)c1cc2c(cc1N)CC(=O)N2. The van der Waals surface area contributed by atoms with Gasteiger partial charge in [-0.3, -0.25) is 4.79 Å². The van der Waals surface area contributed by atoms with Gasteiger partial charge in [0.25, 0.3) is 0 Å². The molecular weight excluding hydrogens is 254 g/mol. The van der Waals surface area contributed by atoms with Crippen molar-refractivity contribution in [3.8, 4) is 0 Å². The summed E-state index contributed by atoms with van der Waals surface area (Å²) >= 11 is 0. The van der Waals surface area contributed by atoms with E-state index in [1.54, 1.807) is 0 Å². The van der Waals surface area contributed by atoms with Crippen molar-refractivity contribution in [1.29, 1.82) is 0 Å². The maximum Gasteiger partial charge on any atom is 0.228 e. The van der Waals surface area contributed by atoms with Gasteiger partial charge >= 0.3 is 0 Å². The molecule has 2 aliphatic rings. The molecule has 0 saturated heterocycles. The topological polar surface area (TPSA) is 67.6 Å². The third-order valence-corrected chi connectivity index (χ3v) is 3.91. The van der Waals surface area contributed by atoms with E-state index >= 15 is 0 Å². The van der Waals surface area contributed by atoms with E-state index in [0.717, 1.165) is 36.0 Å². The fraction of sp³-hybridized carbons (Fsp3) is 0.533. The van der Waals surface area contributed by atoms with Crippen LogP contribution in [0.15, 0.2) is 12.1 Å². The lowest BCUT2D eigenvalue weighted by Crippen LogP contribution is -2.24. The van der Waals surface area contributed by atoms with Crippen molar-refractivity contribution in [3.05, 3.63) is 17.7 Å². The van der Waals surface area contributed by atoms with Gasteiger partial charge in [-0.1, -0.05) is 0 Å². The fourth-order valence-electron chi connectivity index (χ4n) is 2.47. The molecule has 3 rings (SSSR count). The molecule has 1 fully saturated rings. The molecule has 1 saturated carbocycles. The minimum absolute atomic E-state index is 0.0342. The van der Waals surface area contributed by atoms with Crippen LogP contribution in [0.2, 0.25) is 0 Å². The summed E-state index contributed by atoms with van der Waals surface area (Å²) < 4.78 is 5.65. The zero-order valence-electron chi connectivity index (χ0n) is 11.8. The number of nitrogen functional groups attached to an aromatic ring is 1. The smallest absolute Gasteiger partial charge is 0.228 e. The van der Waals surface area contributed by atoms with Crippen molar-refractivity contribution in [2.24, 2.45) is 5.92 Å². The van der Waals surface area contributed by atoms with Crippen LogP contribution in [-0.2, 0) is 16.0 Å². The number of likely N-dealkylation sites (N-methyl/N-ethyl adjacent to an activating group) is 1. The van der Waals surface area contributed by atoms with Crippen LogP contribution in [0.1, 0.15) is 18.4 Å². The Morgan fingerprint density at radius 1 is 1.45 bits per heavy atom. The molecule has 0 bridgehead atoms. The number of carbonyl (C=O) groups is 1. The van der Waals surface area contributed by atoms with Crippen molar-refractivity contribution in [2.75, 3.05) is 42.8 Å². The number of nitrogens with zero attached hydrogens (tertiary/aromatic N) is 1. The van der Waals surface area contributed by atoms with Gasteiger partial charge < -0.3 is 20.7 Å². The second-order valence-electron chi connectivity index (χ2n) is 5.73. The van der Waals surface area contributed by atoms with Crippen LogP contribution >= 0.6 is 0 Å². The maximum atomic E-state index is 11.4. The number of nitrogens with two attached hydrogens (primary N) is 1. The van der Waals surface area contributed by atoms with E-state index in [9.17, 15) is 4.79 Å². The highest BCUT2D eigenvalue weighted by Gasteiger charge is 2.22. The van der Waals surface area contributed by atoms with Crippen molar-refractivity contribution < 1.29 is 9.53 Å². The highest BCUT2D eigenvalue weighted by molar-refractivity contribution is 6.00. The Labute approximate surface area is 119 Å². The van der Waals surface area contributed by atoms with Crippen LogP contribution in [0.25, 0.3) is 0 Å². The summed E-state index contributed by atoms with van der Waals surface area (Å²) in [7, 11) is 2.00. The third kappa shape index (κ3) is 2.88. The van der Waals surface area contributed by atoms with Gasteiger partial charge in [0.1, 0.15) is 0 Å². The Morgan fingerprint density at radius 2 is 2.25 bits per heavy atom. The number of anilines is 3. The summed E-state index contributed by atoms with van der Waals surface area (Å²) in [5.41, 5.74) is 9.60. The maximum absolute atomic E-state index is 11.4. The van der Waals surface area contributed by atoms with Gasteiger partial charge in [-0.2, -0.15) is 0 Å². The molecule has 1 aliphatic heterocycles. The second kappa shape index (κ2) is 5.32. The lowest BCUT2D eigenvalue weighted by atomic mass is 10.1. The average molecular weight is 275 g/mol. The Hall–Kier alpha value is -1.75. The van der Waals surface area contributed by atoms with E-state index in [-0.39, 0.29) is 5.91 Å². The zero-order valence-corrected chi connectivity index (χ0v) is 11.8. The number of nitrogens with one attached hydrogen (secondary N) is 1. The number of hydrogen-bond acceptors (Lipinski definition) is 4. The van der Waals surface area contributed by atoms with Gasteiger partial charge in [0.2, 0.25) is 5.91 Å². The zero-order chi connectivity index (χ0) is 14.1. The quantitative estimate of drug-likeness (QED) is 0.611. The number of fused-ring (bicyclic) bond motifs is 1. The molecule has 108 valence electrons. The van der Waals surface area contributed by atoms with E-state index in [1.165, 1.54) is 12.8 Å². The predicted molar refractivity (Wildman–Crippen MR) is 80.0 cm³/mol. The molecule has 20 heavy (non-hydrogen) atoms. The number of ether oxygens (including phenoxy) is 1. The summed E-state index contributed by atoms with van der Waals surface area (Å²) in [5, 5.41) is 2.86. The van der Waals surface area contributed by atoms with Crippen LogP contribution in [-0.4, -0.2) is 32.7 Å². The first-order valence-corrected chi connectivity index (χ1v) is 7.14. The Bertz CT molecular complexity index is 526. The minimum Gasteiger partial charge on any atom is -0.397 e. The van der Waals surface area contributed by atoms with Crippen molar-refractivity contribution in [1.82, 2.24) is 0 Å². The normalized spacial score (nSPS) is 16.9. The van der Waals surface area contributed by atoms with E-state index in [0.29, 0.717) is 18.7 Å². The fourth-order valence-corrected chi connectivity index (χ4v) is 2.47. The van der Waals surface area contributed by atoms with Crippen LogP contribution in [0.3, 0.4) is 0 Å². The largest absolute Gasteiger partial charge is 0.397 e. The van der Waals surface area contributed by atoms with Gasteiger partial charge in [0.05, 0.1) is 24.4 Å². The molecule has 1 aromatic rings. The molecule has 1 heterocycles. The first-order valence-electron chi connectivity index (χ1n) is 7.14. The summed E-state index contributed by atoms with van der Waals surface area (Å²) in [6, 6.07) is 3.85. The van der Waals surface area contributed by atoms with Crippen LogP contribution in [0.5, 0.6) is 0 Å². The first kappa shape index (κ1) is 13.2. The van der Waals surface area contributed by atoms with Gasteiger partial charge in [-0.05, 0) is 36.5 Å². The Balaban J connectivity index is 1.60. The molecule has 0 radical (unpaired) electrons. The minimum atomic E-state index is 0.0342. The Kier molecular flexibility index (Phi) is 3.53. The highest BCUT2D eigenvalue weighted by Crippen LogP contribution is 2.33. The van der Waals surface area contributed by atoms with E-state index in [2.05, 4.69) is 10.2 Å². The number of benzene rings is 1. The van der Waals surface area contributed by atoms with Gasteiger partial charge in [-0.25, -0.2) is 0 Å². The van der Waals surface area contributed by atoms with Crippen LogP contribution in [0, 0.1) is 5.92 Å². The molecule has 1 amide bonds. The molecule has 0 atom stereocenters. The van der Waals surface area contributed by atoms with Crippen molar-refractivity contribution >= 4 is 23.0 Å². The summed E-state index contributed by atoms with van der Waals surface area (Å²) in [5.74, 6) is 0.826. The number of rotatable bonds is 6. The van der Waals surface area contributed by atoms with Gasteiger partial charge in [0.15, 0.2) is 0 Å². The van der Waals surface area contributed by atoms with Gasteiger partial charge in [0, 0.05) is 25.9 Å². The molecule has 0 spiro atoms. The molecule has 1 aliphatic carbocycles. The lowest BCUT2D eigenvalue weighted by Gasteiger charge is -2.22. The summed E-state index contributed by atoms with van der Waals surface area (Å²) in [6.07, 6.45) is 3.05. The van der Waals surface area contributed by atoms with Crippen LogP contribution in [0.4, 0.5) is 17.1 Å². The summed E-state index contributed by atoms with van der Waals surface area (Å²) in [6.45, 7) is 2.38. The highest BCUT2D eigenvalue weighted by atomic mass is 16.5. The molecule has 0 unspecified atom stereocenters. The molecule has 0 aromatic heterocycles. The van der Waals surface area contributed by atoms with Gasteiger partial charge in [-0.15, -0.1) is 0 Å². The Morgan fingerprint density at radius 3 is 3.00 bits per heavy atom. The van der Waals surface area contributed by atoms with E-state index in [1.807, 2.05) is 19.2 Å². The van der Waals surface area contributed by atoms with Crippen molar-refractivity contribution in [3.63, 3.8) is 0 Å². The molecule has 5 heteroatoms. The van der Waals surface area contributed by atoms with Crippen LogP contribution < -0.4 is 16.0 Å². The molecular formula is C15H21N3O2. The molecule has 5 nitrogen and oxygen atoms in total. The second-order valence-corrected chi connectivity index (χ2v) is 5.73. The standard InChI is InChI=1S/C15H21N3O2/c1-18(4-5-20-9-10-2-3-10)14-8-13-11(6-12(14)16)7-15(19)17-13/h6,8,10H,2-5,7,9,16H2,1H3,(H,17,19). The lowest BCUT2D eigenvalue weighted by molar-refractivity contribution is -0.115. The molecule has 1 aromatic carbocycles. The molecule has 3 N–H and O–H groups in total. The first-order chi connectivity index (χ1) is 9.63. The monoisotopic (exact) mass is 275 g/mol. The van der Waals surface area contributed by atoms with E-state index < -0.39 is 0 Å². The predicted octanol–water partition coefficient (Wildman–Crippen LogP) is 1.63. The van der Waals surface area contributed by atoms with Crippen molar-refractivity contribution in [2.45, 2.75) is 19.3 Å². The summed E-state index contributed by atoms with van der Waals surface area (Å²) in [4.78, 5) is 13.5. The number of hydrogen-bond donors (Lipinski definition) is 2.